The van der Waals surface area contributed by atoms with Gasteiger partial charge in [0.25, 0.3) is 0 Å². The van der Waals surface area contributed by atoms with Gasteiger partial charge in [-0.1, -0.05) is 86.8 Å². The van der Waals surface area contributed by atoms with Gasteiger partial charge in [0.15, 0.2) is 0 Å². The maximum atomic E-state index is 12.0. The molecule has 1 fully saturated rings. The number of alkyl carbamates (subject to hydrolysis) is 1. The van der Waals surface area contributed by atoms with Crippen LogP contribution in [0.25, 0.3) is 0 Å². The topological polar surface area (TPSA) is 126 Å². The highest BCUT2D eigenvalue weighted by molar-refractivity contribution is 5.87. The lowest BCUT2D eigenvalue weighted by Crippen LogP contribution is -2.36. The van der Waals surface area contributed by atoms with Crippen LogP contribution in [0, 0.1) is 5.92 Å². The third-order valence-corrected chi connectivity index (χ3v) is 6.76. The van der Waals surface area contributed by atoms with Crippen molar-refractivity contribution in [3.05, 3.63) is 85.2 Å². The van der Waals surface area contributed by atoms with E-state index in [-0.39, 0.29) is 37.0 Å². The second-order valence-corrected chi connectivity index (χ2v) is 10.7. The van der Waals surface area contributed by atoms with Gasteiger partial charge in [-0.15, -0.1) is 0 Å². The van der Waals surface area contributed by atoms with E-state index in [0.717, 1.165) is 38.5 Å². The number of likely N-dealkylation sites (N-methyl/N-ethyl adjacent to an activating group) is 1. The zero-order valence-electron chi connectivity index (χ0n) is 27.8. The Bertz CT molecular complexity index is 1090. The molecule has 0 saturated carbocycles. The van der Waals surface area contributed by atoms with Gasteiger partial charge < -0.3 is 25.4 Å². The lowest BCUT2D eigenvalue weighted by molar-refractivity contribution is -0.129. The minimum Gasteiger partial charge on any atom is -0.447 e. The predicted octanol–water partition coefficient (Wildman–Crippen LogP) is 5.78. The van der Waals surface area contributed by atoms with Crippen LogP contribution in [0.2, 0.25) is 0 Å². The molecule has 0 aromatic rings. The fourth-order valence-corrected chi connectivity index (χ4v) is 4.33. The first kappa shape index (κ1) is 39.8. The summed E-state index contributed by atoms with van der Waals surface area (Å²) < 4.78 is 11.1. The summed E-state index contributed by atoms with van der Waals surface area (Å²) in [4.78, 5) is 48.2. The highest BCUT2D eigenvalue weighted by Crippen LogP contribution is 2.28. The van der Waals surface area contributed by atoms with Gasteiger partial charge in [0.1, 0.15) is 12.8 Å². The number of amides is 4. The molecule has 1 aliphatic rings. The Morgan fingerprint density at radius 3 is 1.91 bits per heavy atom. The number of rotatable bonds is 23. The Kier molecular flexibility index (Phi) is 23.5. The van der Waals surface area contributed by atoms with Crippen molar-refractivity contribution in [2.24, 2.45) is 5.92 Å². The van der Waals surface area contributed by atoms with Crippen molar-refractivity contribution in [2.45, 2.75) is 84.0 Å². The molecule has 1 rings (SSSR count). The lowest BCUT2D eigenvalue weighted by atomic mass is 10.1. The summed E-state index contributed by atoms with van der Waals surface area (Å²) in [5.74, 6) is -0.436. The molecule has 10 nitrogen and oxygen atoms in total. The summed E-state index contributed by atoms with van der Waals surface area (Å²) in [5.41, 5.74) is 0. The maximum absolute atomic E-state index is 12.0. The Labute approximate surface area is 275 Å². The van der Waals surface area contributed by atoms with Crippen molar-refractivity contribution in [3.8, 4) is 0 Å². The minimum absolute atomic E-state index is 0.0145. The van der Waals surface area contributed by atoms with Crippen molar-refractivity contribution in [3.63, 3.8) is 0 Å². The molecule has 1 saturated heterocycles. The van der Waals surface area contributed by atoms with Crippen LogP contribution in [-0.2, 0) is 23.9 Å². The molecule has 3 unspecified atom stereocenters. The number of allylic oxidation sites excluding steroid dienone is 12. The van der Waals surface area contributed by atoms with Gasteiger partial charge in [-0.05, 0) is 51.4 Å². The molecule has 0 aromatic carbocycles. The van der Waals surface area contributed by atoms with Crippen LogP contribution < -0.4 is 16.0 Å². The van der Waals surface area contributed by atoms with Gasteiger partial charge >= 0.3 is 6.09 Å². The Hall–Kier alpha value is -4.18. The molecular weight excluding hydrogens is 584 g/mol. The summed E-state index contributed by atoms with van der Waals surface area (Å²) >= 11 is 0. The average Bonchev–Trinajstić information content (AvgIpc) is 3.43. The van der Waals surface area contributed by atoms with E-state index in [9.17, 15) is 19.2 Å². The van der Waals surface area contributed by atoms with Gasteiger partial charge in [0, 0.05) is 44.8 Å². The molecule has 1 heterocycles. The molecule has 0 radical (unpaired) electrons. The van der Waals surface area contributed by atoms with Gasteiger partial charge in [-0.25, -0.2) is 4.79 Å². The Morgan fingerprint density at radius 2 is 1.37 bits per heavy atom. The molecule has 3 atom stereocenters. The van der Waals surface area contributed by atoms with Crippen molar-refractivity contribution < 1.29 is 28.7 Å². The van der Waals surface area contributed by atoms with Gasteiger partial charge in [0.05, 0.1) is 6.10 Å². The summed E-state index contributed by atoms with van der Waals surface area (Å²) in [7, 11) is 1.49. The zero-order chi connectivity index (χ0) is 33.7. The van der Waals surface area contributed by atoms with E-state index in [2.05, 4.69) is 89.7 Å². The van der Waals surface area contributed by atoms with Crippen molar-refractivity contribution in [1.82, 2.24) is 20.9 Å². The van der Waals surface area contributed by atoms with E-state index in [4.69, 9.17) is 9.47 Å². The molecule has 0 spiro atoms. The molecule has 4 amide bonds. The van der Waals surface area contributed by atoms with E-state index in [1.54, 1.807) is 0 Å². The van der Waals surface area contributed by atoms with Crippen LogP contribution in [0.1, 0.15) is 71.6 Å². The molecule has 1 aliphatic heterocycles. The van der Waals surface area contributed by atoms with Gasteiger partial charge in [-0.3, -0.25) is 19.3 Å². The van der Waals surface area contributed by atoms with E-state index in [0.29, 0.717) is 32.2 Å². The molecule has 254 valence electrons. The molecule has 0 aliphatic carbocycles. The number of carbonyl (C=O) groups excluding carboxylic acids is 4. The smallest absolute Gasteiger partial charge is 0.407 e. The van der Waals surface area contributed by atoms with Crippen LogP contribution in [0.3, 0.4) is 0 Å². The number of nitrogens with zero attached hydrogens (tertiary/aromatic N) is 1. The Balaban J connectivity index is 2.06. The second-order valence-electron chi connectivity index (χ2n) is 10.7. The molecule has 0 aromatic heterocycles. The monoisotopic (exact) mass is 638 g/mol. The standard InChI is InChI=1S/C36H54N4O6/c1-4-5-6-7-8-9-10-11-12-13-14-15-16-17-18-19-20-21-22-23-34(43)38-25-26-39-36(44)45-29-32-28-31(2)35(46-32)40(30-41)27-24-33(42)37-3/h5-6,8-9,11-12,14-15,17-18,20-21,24,27,30-32,35H,4,7,10,13,16,19,22-23,25-26,28-29H2,1-3H3,(H,37,42)(H,38,43)(H,39,44)/b6-5-,9-8-,12-11-,15-14-,18-17-,21-20-,27-24-. The summed E-state index contributed by atoms with van der Waals surface area (Å²) in [5, 5.41) is 7.81. The minimum atomic E-state index is -0.612. The number of hydrogen-bond donors (Lipinski definition) is 3. The van der Waals surface area contributed by atoms with E-state index in [1.165, 1.54) is 24.2 Å². The van der Waals surface area contributed by atoms with Crippen molar-refractivity contribution in [1.29, 1.82) is 0 Å². The number of hydrogen-bond acceptors (Lipinski definition) is 6. The van der Waals surface area contributed by atoms with E-state index < -0.39 is 12.3 Å². The number of nitrogens with one attached hydrogen (secondary N) is 3. The van der Waals surface area contributed by atoms with Crippen molar-refractivity contribution in [2.75, 3.05) is 26.7 Å². The van der Waals surface area contributed by atoms with E-state index in [1.807, 2.05) is 13.0 Å². The third kappa shape index (κ3) is 20.7. The van der Waals surface area contributed by atoms with Gasteiger partial charge in [-0.2, -0.15) is 0 Å². The first-order valence-corrected chi connectivity index (χ1v) is 16.3. The second kappa shape index (κ2) is 27.2. The lowest BCUT2D eigenvalue weighted by Gasteiger charge is -2.24. The highest BCUT2D eigenvalue weighted by atomic mass is 16.6. The van der Waals surface area contributed by atoms with Crippen LogP contribution in [-0.4, -0.2) is 68.3 Å². The first-order valence-electron chi connectivity index (χ1n) is 16.3. The normalized spacial score (nSPS) is 18.6. The molecule has 0 bridgehead atoms. The highest BCUT2D eigenvalue weighted by Gasteiger charge is 2.36. The summed E-state index contributed by atoms with van der Waals surface area (Å²) in [6.07, 6.45) is 34.8. The zero-order valence-corrected chi connectivity index (χ0v) is 27.8. The summed E-state index contributed by atoms with van der Waals surface area (Å²) in [6.45, 7) is 4.61. The van der Waals surface area contributed by atoms with E-state index >= 15 is 0 Å². The Morgan fingerprint density at radius 1 is 0.826 bits per heavy atom. The quantitative estimate of drug-likeness (QED) is 0.0564. The largest absolute Gasteiger partial charge is 0.447 e. The number of ether oxygens (including phenoxy) is 2. The average molecular weight is 639 g/mol. The number of carbonyl (C=O) groups is 4. The van der Waals surface area contributed by atoms with Crippen LogP contribution >= 0.6 is 0 Å². The fourth-order valence-electron chi connectivity index (χ4n) is 4.33. The van der Waals surface area contributed by atoms with Crippen LogP contribution in [0.4, 0.5) is 4.79 Å². The molecule has 3 N–H and O–H groups in total. The molecule has 10 heteroatoms. The van der Waals surface area contributed by atoms with Crippen LogP contribution in [0.15, 0.2) is 85.2 Å². The summed E-state index contributed by atoms with van der Waals surface area (Å²) in [6, 6.07) is 0. The molecular formula is C36H54N4O6. The predicted molar refractivity (Wildman–Crippen MR) is 183 cm³/mol. The first-order chi connectivity index (χ1) is 22.4. The molecule has 46 heavy (non-hydrogen) atoms. The SMILES string of the molecule is CC/C=C\C/C=C\C/C=C\C/C=C\C/C=C\C/C=C\CCC(=O)NCCNC(=O)OCC1CC(C)C(N(C=O)/C=C\C(=O)NC)O1. The van der Waals surface area contributed by atoms with Gasteiger partial charge in [0.2, 0.25) is 18.2 Å². The van der Waals surface area contributed by atoms with Crippen molar-refractivity contribution >= 4 is 24.3 Å². The maximum Gasteiger partial charge on any atom is 0.407 e. The van der Waals surface area contributed by atoms with Crippen LogP contribution in [0.5, 0.6) is 0 Å². The third-order valence-electron chi connectivity index (χ3n) is 6.76. The fraction of sp³-hybridized carbons (Fsp3) is 0.500.